The second kappa shape index (κ2) is 5.93. The van der Waals surface area contributed by atoms with Gasteiger partial charge in [-0.3, -0.25) is 4.79 Å². The molecule has 0 bridgehead atoms. The Morgan fingerprint density at radius 3 is 2.64 bits per heavy atom. The van der Waals surface area contributed by atoms with E-state index in [2.05, 4.69) is 11.4 Å². The first-order valence-electron chi connectivity index (χ1n) is 7.77. The molecular formula is C19H21NO2. The number of carbonyl (C=O) groups excluding carboxylic acids is 1. The molecule has 2 unspecified atom stereocenters. The number of aliphatic hydroxyl groups is 1. The molecule has 3 rings (SSSR count). The zero-order valence-electron chi connectivity index (χ0n) is 13.0. The minimum atomic E-state index is -0.619. The second-order valence-corrected chi connectivity index (χ2v) is 5.97. The summed E-state index contributed by atoms with van der Waals surface area (Å²) in [4.78, 5) is 12.1. The SMILES string of the molecule is CCC1C(=O)Nc2c(C(O)Cc3ccccc3)cc(C)cc21. The van der Waals surface area contributed by atoms with Gasteiger partial charge in [-0.2, -0.15) is 0 Å². The molecule has 1 aliphatic heterocycles. The van der Waals surface area contributed by atoms with E-state index in [0.29, 0.717) is 6.42 Å². The van der Waals surface area contributed by atoms with Crippen molar-refractivity contribution in [2.45, 2.75) is 38.7 Å². The number of aliphatic hydroxyl groups excluding tert-OH is 1. The van der Waals surface area contributed by atoms with Gasteiger partial charge in [0, 0.05) is 12.0 Å². The van der Waals surface area contributed by atoms with E-state index in [1.165, 1.54) is 0 Å². The number of fused-ring (bicyclic) bond motifs is 1. The van der Waals surface area contributed by atoms with Gasteiger partial charge >= 0.3 is 0 Å². The van der Waals surface area contributed by atoms with Gasteiger partial charge in [-0.15, -0.1) is 0 Å². The summed E-state index contributed by atoms with van der Waals surface area (Å²) in [7, 11) is 0. The second-order valence-electron chi connectivity index (χ2n) is 5.97. The largest absolute Gasteiger partial charge is 0.388 e. The summed E-state index contributed by atoms with van der Waals surface area (Å²) in [6, 6.07) is 14.0. The van der Waals surface area contributed by atoms with Crippen LogP contribution in [0.4, 0.5) is 5.69 Å². The summed E-state index contributed by atoms with van der Waals surface area (Å²) in [6.07, 6.45) is 0.701. The Morgan fingerprint density at radius 2 is 1.95 bits per heavy atom. The molecule has 0 spiro atoms. The maximum absolute atomic E-state index is 12.1. The van der Waals surface area contributed by atoms with Crippen LogP contribution in [0.1, 0.15) is 47.6 Å². The van der Waals surface area contributed by atoms with E-state index in [-0.39, 0.29) is 11.8 Å². The molecule has 1 heterocycles. The van der Waals surface area contributed by atoms with E-state index in [0.717, 1.165) is 34.4 Å². The van der Waals surface area contributed by atoms with Crippen LogP contribution >= 0.6 is 0 Å². The number of amides is 1. The van der Waals surface area contributed by atoms with Crippen LogP contribution in [0.3, 0.4) is 0 Å². The van der Waals surface area contributed by atoms with E-state index in [4.69, 9.17) is 0 Å². The van der Waals surface area contributed by atoms with Crippen molar-refractivity contribution in [3.05, 3.63) is 64.7 Å². The minimum Gasteiger partial charge on any atom is -0.388 e. The van der Waals surface area contributed by atoms with Crippen LogP contribution in [0, 0.1) is 6.92 Å². The maximum Gasteiger partial charge on any atom is 0.232 e. The van der Waals surface area contributed by atoms with E-state index in [1.807, 2.05) is 50.2 Å². The lowest BCUT2D eigenvalue weighted by molar-refractivity contribution is -0.117. The summed E-state index contributed by atoms with van der Waals surface area (Å²) in [5.41, 5.74) is 4.82. The van der Waals surface area contributed by atoms with Crippen molar-refractivity contribution in [3.8, 4) is 0 Å². The first kappa shape index (κ1) is 14.8. The Morgan fingerprint density at radius 1 is 1.23 bits per heavy atom. The van der Waals surface area contributed by atoms with Gasteiger partial charge in [0.25, 0.3) is 0 Å². The van der Waals surface area contributed by atoms with Crippen LogP contribution in [0.5, 0.6) is 0 Å². The molecule has 3 heteroatoms. The van der Waals surface area contributed by atoms with Gasteiger partial charge in [-0.1, -0.05) is 55.0 Å². The summed E-state index contributed by atoms with van der Waals surface area (Å²) < 4.78 is 0. The lowest BCUT2D eigenvalue weighted by Gasteiger charge is -2.17. The molecule has 0 aliphatic carbocycles. The van der Waals surface area contributed by atoms with Gasteiger partial charge in [0.1, 0.15) is 0 Å². The zero-order valence-corrected chi connectivity index (χ0v) is 13.0. The molecule has 22 heavy (non-hydrogen) atoms. The third kappa shape index (κ3) is 2.64. The zero-order chi connectivity index (χ0) is 15.7. The Kier molecular flexibility index (Phi) is 3.99. The average Bonchev–Trinajstić information content (AvgIpc) is 2.82. The molecule has 114 valence electrons. The molecule has 1 amide bonds. The van der Waals surface area contributed by atoms with Gasteiger partial charge < -0.3 is 10.4 Å². The van der Waals surface area contributed by atoms with Crippen LogP contribution in [0.15, 0.2) is 42.5 Å². The highest BCUT2D eigenvalue weighted by Gasteiger charge is 2.32. The fraction of sp³-hybridized carbons (Fsp3) is 0.316. The number of nitrogens with one attached hydrogen (secondary N) is 1. The number of rotatable bonds is 4. The molecule has 2 N–H and O–H groups in total. The van der Waals surface area contributed by atoms with Crippen LogP contribution in [0.2, 0.25) is 0 Å². The number of aryl methyl sites for hydroxylation is 1. The lowest BCUT2D eigenvalue weighted by atomic mass is 9.91. The summed E-state index contributed by atoms with van der Waals surface area (Å²) in [5, 5.41) is 13.6. The monoisotopic (exact) mass is 295 g/mol. The smallest absolute Gasteiger partial charge is 0.232 e. The predicted octanol–water partition coefficient (Wildman–Crippen LogP) is 3.72. The molecule has 2 atom stereocenters. The van der Waals surface area contributed by atoms with Gasteiger partial charge in [-0.25, -0.2) is 0 Å². The average molecular weight is 295 g/mol. The lowest BCUT2D eigenvalue weighted by Crippen LogP contribution is -2.11. The highest BCUT2D eigenvalue weighted by molar-refractivity contribution is 6.03. The molecule has 0 saturated carbocycles. The van der Waals surface area contributed by atoms with Crippen LogP contribution in [-0.4, -0.2) is 11.0 Å². The topological polar surface area (TPSA) is 49.3 Å². The van der Waals surface area contributed by atoms with Crippen molar-refractivity contribution in [1.82, 2.24) is 0 Å². The minimum absolute atomic E-state index is 0.0382. The van der Waals surface area contributed by atoms with Gasteiger partial charge in [0.15, 0.2) is 0 Å². The van der Waals surface area contributed by atoms with Crippen molar-refractivity contribution in [1.29, 1.82) is 0 Å². The first-order chi connectivity index (χ1) is 10.6. The summed E-state index contributed by atoms with van der Waals surface area (Å²) in [6.45, 7) is 4.02. The molecule has 2 aromatic carbocycles. The predicted molar refractivity (Wildman–Crippen MR) is 87.9 cm³/mol. The van der Waals surface area contributed by atoms with Gasteiger partial charge in [-0.05, 0) is 24.5 Å². The van der Waals surface area contributed by atoms with Crippen LogP contribution in [-0.2, 0) is 11.2 Å². The van der Waals surface area contributed by atoms with Crippen LogP contribution < -0.4 is 5.32 Å². The quantitative estimate of drug-likeness (QED) is 0.903. The molecule has 0 saturated heterocycles. The van der Waals surface area contributed by atoms with Crippen LogP contribution in [0.25, 0.3) is 0 Å². The highest BCUT2D eigenvalue weighted by Crippen LogP contribution is 2.40. The summed E-state index contributed by atoms with van der Waals surface area (Å²) in [5.74, 6) is -0.0613. The number of hydrogen-bond acceptors (Lipinski definition) is 2. The molecule has 0 radical (unpaired) electrons. The number of hydrogen-bond donors (Lipinski definition) is 2. The van der Waals surface area contributed by atoms with Crippen molar-refractivity contribution in [2.24, 2.45) is 0 Å². The standard InChI is InChI=1S/C19H21NO2/c1-3-14-15-9-12(2)10-16(18(15)20-19(14)22)17(21)11-13-7-5-4-6-8-13/h4-10,14,17,21H,3,11H2,1-2H3,(H,20,22). The normalized spacial score (nSPS) is 18.0. The number of anilines is 1. The van der Waals surface area contributed by atoms with Crippen molar-refractivity contribution in [3.63, 3.8) is 0 Å². The molecule has 0 fully saturated rings. The third-order valence-corrected chi connectivity index (χ3v) is 4.32. The molecule has 0 aromatic heterocycles. The Labute approximate surface area is 131 Å². The van der Waals surface area contributed by atoms with Gasteiger partial charge in [0.05, 0.1) is 17.7 Å². The summed E-state index contributed by atoms with van der Waals surface area (Å²) >= 11 is 0. The maximum atomic E-state index is 12.1. The molecule has 1 aliphatic rings. The first-order valence-corrected chi connectivity index (χ1v) is 7.77. The highest BCUT2D eigenvalue weighted by atomic mass is 16.3. The van der Waals surface area contributed by atoms with Crippen molar-refractivity contribution >= 4 is 11.6 Å². The molecule has 2 aromatic rings. The van der Waals surface area contributed by atoms with Crippen molar-refractivity contribution < 1.29 is 9.90 Å². The fourth-order valence-corrected chi connectivity index (χ4v) is 3.23. The van der Waals surface area contributed by atoms with E-state index in [9.17, 15) is 9.90 Å². The fourth-order valence-electron chi connectivity index (χ4n) is 3.23. The Bertz CT molecular complexity index is 694. The molecular weight excluding hydrogens is 274 g/mol. The third-order valence-electron chi connectivity index (χ3n) is 4.32. The van der Waals surface area contributed by atoms with E-state index in [1.54, 1.807) is 0 Å². The van der Waals surface area contributed by atoms with Crippen molar-refractivity contribution in [2.75, 3.05) is 5.32 Å². The van der Waals surface area contributed by atoms with E-state index < -0.39 is 6.10 Å². The number of carbonyl (C=O) groups is 1. The van der Waals surface area contributed by atoms with E-state index >= 15 is 0 Å². The Hall–Kier alpha value is -2.13. The van der Waals surface area contributed by atoms with Gasteiger partial charge in [0.2, 0.25) is 5.91 Å². The Balaban J connectivity index is 1.96. The molecule has 3 nitrogen and oxygen atoms in total. The number of benzene rings is 2.